The van der Waals surface area contributed by atoms with Gasteiger partial charge in [0.25, 0.3) is 0 Å². The Bertz CT molecular complexity index is 1190. The van der Waals surface area contributed by atoms with E-state index in [-0.39, 0.29) is 31.4 Å². The van der Waals surface area contributed by atoms with Crippen molar-refractivity contribution in [2.45, 2.75) is 43.7 Å². The molecule has 0 heterocycles. The number of benzene rings is 3. The molecule has 0 aromatic heterocycles. The highest BCUT2D eigenvalue weighted by Gasteiger charge is 2.24. The Hall–Kier alpha value is -3.59. The van der Waals surface area contributed by atoms with Gasteiger partial charge in [0.15, 0.2) is 0 Å². The monoisotopic (exact) mass is 576 g/mol. The number of rotatable bonds is 18. The van der Waals surface area contributed by atoms with Gasteiger partial charge in [0.1, 0.15) is 12.4 Å². The molecule has 0 aliphatic heterocycles. The van der Waals surface area contributed by atoms with Crippen molar-refractivity contribution in [3.05, 3.63) is 114 Å². The van der Waals surface area contributed by atoms with Gasteiger partial charge in [-0.2, -0.15) is 11.8 Å². The maximum atomic E-state index is 13.0. The molecule has 3 rings (SSSR count). The van der Waals surface area contributed by atoms with Crippen LogP contribution in [0.3, 0.4) is 0 Å². The van der Waals surface area contributed by atoms with Gasteiger partial charge in [0.05, 0.1) is 31.2 Å². The number of hydrogen-bond acceptors (Lipinski definition) is 6. The second-order valence-electron chi connectivity index (χ2n) is 9.88. The SMILES string of the molecule is C=CC[C@H](CC(=O)N[C@H](CO)Cc1ccc(OCc2ccccc2)cc1)C(=O)N[C@H](CO)CSCc1ccccc1. The van der Waals surface area contributed by atoms with Crippen LogP contribution < -0.4 is 15.4 Å². The predicted molar refractivity (Wildman–Crippen MR) is 164 cm³/mol. The third kappa shape index (κ3) is 11.8. The molecule has 0 bridgehead atoms. The normalized spacial score (nSPS) is 13.0. The number of nitrogens with one attached hydrogen (secondary N) is 2. The van der Waals surface area contributed by atoms with Gasteiger partial charge < -0.3 is 25.6 Å². The molecule has 0 spiro atoms. The molecule has 0 fully saturated rings. The van der Waals surface area contributed by atoms with Crippen molar-refractivity contribution in [3.8, 4) is 5.75 Å². The lowest BCUT2D eigenvalue weighted by Gasteiger charge is -2.22. The van der Waals surface area contributed by atoms with E-state index >= 15 is 0 Å². The largest absolute Gasteiger partial charge is 0.489 e. The zero-order valence-corrected chi connectivity index (χ0v) is 24.1. The molecule has 0 saturated heterocycles. The Kier molecular flexibility index (Phi) is 14.0. The Morgan fingerprint density at radius 2 is 1.46 bits per heavy atom. The van der Waals surface area contributed by atoms with Crippen LogP contribution in [0.5, 0.6) is 5.75 Å². The summed E-state index contributed by atoms with van der Waals surface area (Å²) in [6, 6.07) is 26.5. The number of amides is 2. The number of aliphatic hydroxyl groups excluding tert-OH is 2. The average Bonchev–Trinajstić information content (AvgIpc) is 3.00. The molecule has 3 aromatic rings. The second-order valence-corrected chi connectivity index (χ2v) is 10.9. The minimum absolute atomic E-state index is 0.0457. The molecule has 0 radical (unpaired) electrons. The smallest absolute Gasteiger partial charge is 0.224 e. The molecule has 7 nitrogen and oxygen atoms in total. The minimum Gasteiger partial charge on any atom is -0.489 e. The van der Waals surface area contributed by atoms with E-state index in [0.717, 1.165) is 22.6 Å². The maximum Gasteiger partial charge on any atom is 0.224 e. The first-order valence-electron chi connectivity index (χ1n) is 13.8. The van der Waals surface area contributed by atoms with E-state index in [4.69, 9.17) is 4.74 Å². The van der Waals surface area contributed by atoms with E-state index in [1.165, 1.54) is 5.56 Å². The Balaban J connectivity index is 1.45. The summed E-state index contributed by atoms with van der Waals surface area (Å²) in [5.41, 5.74) is 3.19. The number of thioether (sulfide) groups is 1. The lowest BCUT2D eigenvalue weighted by atomic mass is 9.98. The number of allylic oxidation sites excluding steroid dienone is 1. The molecule has 2 amide bonds. The molecular formula is C33H40N2O5S. The van der Waals surface area contributed by atoms with Crippen molar-refractivity contribution < 1.29 is 24.5 Å². The quantitative estimate of drug-likeness (QED) is 0.169. The third-order valence-corrected chi connectivity index (χ3v) is 7.67. The van der Waals surface area contributed by atoms with Crippen LogP contribution in [0.25, 0.3) is 0 Å². The summed E-state index contributed by atoms with van der Waals surface area (Å²) < 4.78 is 5.83. The van der Waals surface area contributed by atoms with Gasteiger partial charge in [-0.3, -0.25) is 9.59 Å². The highest BCUT2D eigenvalue weighted by molar-refractivity contribution is 7.98. The van der Waals surface area contributed by atoms with E-state index < -0.39 is 18.0 Å². The van der Waals surface area contributed by atoms with Crippen LogP contribution in [0.1, 0.15) is 29.5 Å². The molecule has 0 aliphatic carbocycles. The number of hydrogen-bond donors (Lipinski definition) is 4. The van der Waals surface area contributed by atoms with E-state index in [1.807, 2.05) is 84.9 Å². The predicted octanol–water partition coefficient (Wildman–Crippen LogP) is 4.28. The highest BCUT2D eigenvalue weighted by atomic mass is 32.2. The molecule has 4 N–H and O–H groups in total. The summed E-state index contributed by atoms with van der Waals surface area (Å²) in [7, 11) is 0. The molecule has 3 aromatic carbocycles. The minimum atomic E-state index is -0.624. The van der Waals surface area contributed by atoms with E-state index in [9.17, 15) is 19.8 Å². The van der Waals surface area contributed by atoms with Gasteiger partial charge in [0.2, 0.25) is 11.8 Å². The van der Waals surface area contributed by atoms with Crippen molar-refractivity contribution in [1.82, 2.24) is 10.6 Å². The van der Waals surface area contributed by atoms with E-state index in [1.54, 1.807) is 17.8 Å². The Labute approximate surface area is 247 Å². The van der Waals surface area contributed by atoms with Crippen LogP contribution in [-0.4, -0.2) is 53.1 Å². The standard InChI is InChI=1S/C33H40N2O5S/c1-2-9-28(33(39)35-30(21-37)24-41-23-27-12-7-4-8-13-27)19-32(38)34-29(20-36)18-25-14-16-31(17-15-25)40-22-26-10-5-3-6-11-26/h2-8,10-17,28-30,36-37H,1,9,18-24H2,(H,34,38)(H,35,39)/t28-,29+,30-/m1/s1. The maximum absolute atomic E-state index is 13.0. The summed E-state index contributed by atoms with van der Waals surface area (Å²) in [6.45, 7) is 3.77. The van der Waals surface area contributed by atoms with Crippen LogP contribution >= 0.6 is 11.8 Å². The number of ether oxygens (including phenoxy) is 1. The number of carbonyl (C=O) groups excluding carboxylic acids is 2. The van der Waals surface area contributed by atoms with Gasteiger partial charge in [-0.25, -0.2) is 0 Å². The van der Waals surface area contributed by atoms with E-state index in [0.29, 0.717) is 25.2 Å². The van der Waals surface area contributed by atoms with E-state index in [2.05, 4.69) is 17.2 Å². The van der Waals surface area contributed by atoms with Crippen LogP contribution in [-0.2, 0) is 28.4 Å². The fourth-order valence-electron chi connectivity index (χ4n) is 4.26. The fraction of sp³-hybridized carbons (Fsp3) is 0.333. The lowest BCUT2D eigenvalue weighted by molar-refractivity contribution is -0.131. The molecule has 218 valence electrons. The van der Waals surface area contributed by atoms with Gasteiger partial charge in [-0.15, -0.1) is 6.58 Å². The molecule has 0 unspecified atom stereocenters. The summed E-state index contributed by atoms with van der Waals surface area (Å²) in [4.78, 5) is 25.8. The fourth-order valence-corrected chi connectivity index (χ4v) is 5.27. The van der Waals surface area contributed by atoms with Crippen molar-refractivity contribution in [2.24, 2.45) is 5.92 Å². The van der Waals surface area contributed by atoms with Crippen LogP contribution in [0.2, 0.25) is 0 Å². The summed E-state index contributed by atoms with van der Waals surface area (Å²) >= 11 is 1.62. The summed E-state index contributed by atoms with van der Waals surface area (Å²) in [5, 5.41) is 25.4. The topological polar surface area (TPSA) is 108 Å². The first kappa shape index (κ1) is 31.9. The average molecular weight is 577 g/mol. The van der Waals surface area contributed by atoms with Crippen molar-refractivity contribution in [3.63, 3.8) is 0 Å². The first-order valence-corrected chi connectivity index (χ1v) is 15.0. The van der Waals surface area contributed by atoms with Crippen LogP contribution in [0.4, 0.5) is 0 Å². The molecule has 8 heteroatoms. The zero-order chi connectivity index (χ0) is 29.3. The lowest BCUT2D eigenvalue weighted by Crippen LogP contribution is -2.45. The summed E-state index contributed by atoms with van der Waals surface area (Å²) in [6.07, 6.45) is 2.32. The van der Waals surface area contributed by atoms with Gasteiger partial charge in [-0.1, -0.05) is 78.9 Å². The molecular weight excluding hydrogens is 536 g/mol. The molecule has 41 heavy (non-hydrogen) atoms. The Morgan fingerprint density at radius 3 is 2.07 bits per heavy atom. The second kappa shape index (κ2) is 18.0. The third-order valence-electron chi connectivity index (χ3n) is 6.49. The summed E-state index contributed by atoms with van der Waals surface area (Å²) in [5.74, 6) is 0.810. The zero-order valence-electron chi connectivity index (χ0n) is 23.3. The van der Waals surface area contributed by atoms with Crippen molar-refractivity contribution in [2.75, 3.05) is 19.0 Å². The van der Waals surface area contributed by atoms with Crippen molar-refractivity contribution >= 4 is 23.6 Å². The van der Waals surface area contributed by atoms with Crippen LogP contribution in [0.15, 0.2) is 97.6 Å². The van der Waals surface area contributed by atoms with Gasteiger partial charge in [-0.05, 0) is 41.7 Å². The van der Waals surface area contributed by atoms with Crippen molar-refractivity contribution in [1.29, 1.82) is 0 Å². The highest BCUT2D eigenvalue weighted by Crippen LogP contribution is 2.17. The first-order chi connectivity index (χ1) is 20.0. The Morgan fingerprint density at radius 1 is 0.829 bits per heavy atom. The van der Waals surface area contributed by atoms with Gasteiger partial charge in [0, 0.05) is 17.9 Å². The molecule has 0 saturated carbocycles. The molecule has 0 aliphatic rings. The van der Waals surface area contributed by atoms with Crippen LogP contribution in [0, 0.1) is 5.92 Å². The van der Waals surface area contributed by atoms with Gasteiger partial charge >= 0.3 is 0 Å². The number of aliphatic hydroxyl groups is 2. The molecule has 3 atom stereocenters. The number of carbonyl (C=O) groups is 2.